The SMILES string of the molecule is O=C(NC[C@@H]1CCCO1)c1ccc(NS(=O)(=O)c2ccc3c(c2)OCCO3)cc1. The maximum Gasteiger partial charge on any atom is 0.262 e. The van der Waals surface area contributed by atoms with Crippen molar-refractivity contribution in [2.75, 3.05) is 31.1 Å². The fourth-order valence-electron chi connectivity index (χ4n) is 3.21. The van der Waals surface area contributed by atoms with Crippen molar-refractivity contribution in [1.82, 2.24) is 5.32 Å². The summed E-state index contributed by atoms with van der Waals surface area (Å²) in [4.78, 5) is 12.3. The van der Waals surface area contributed by atoms with Crippen molar-refractivity contribution >= 4 is 21.6 Å². The number of benzene rings is 2. The molecular weight excluding hydrogens is 396 g/mol. The number of fused-ring (bicyclic) bond motifs is 1. The smallest absolute Gasteiger partial charge is 0.262 e. The molecule has 1 atom stereocenters. The first-order chi connectivity index (χ1) is 14.0. The predicted molar refractivity (Wildman–Crippen MR) is 106 cm³/mol. The summed E-state index contributed by atoms with van der Waals surface area (Å²) in [6, 6.07) is 10.7. The molecule has 2 heterocycles. The molecule has 0 unspecified atom stereocenters. The first kappa shape index (κ1) is 19.5. The molecule has 154 valence electrons. The molecule has 4 rings (SSSR count). The van der Waals surface area contributed by atoms with E-state index in [4.69, 9.17) is 14.2 Å². The Labute approximate surface area is 169 Å². The highest BCUT2D eigenvalue weighted by molar-refractivity contribution is 7.92. The first-order valence-electron chi connectivity index (χ1n) is 9.44. The van der Waals surface area contributed by atoms with Gasteiger partial charge in [-0.15, -0.1) is 0 Å². The van der Waals surface area contributed by atoms with Gasteiger partial charge in [0.15, 0.2) is 11.5 Å². The molecule has 29 heavy (non-hydrogen) atoms. The van der Waals surface area contributed by atoms with Gasteiger partial charge in [-0.3, -0.25) is 9.52 Å². The van der Waals surface area contributed by atoms with E-state index in [1.54, 1.807) is 30.3 Å². The topological polar surface area (TPSA) is 103 Å². The lowest BCUT2D eigenvalue weighted by Gasteiger charge is -2.19. The van der Waals surface area contributed by atoms with Gasteiger partial charge in [-0.1, -0.05) is 0 Å². The number of ether oxygens (including phenoxy) is 3. The summed E-state index contributed by atoms with van der Waals surface area (Å²) in [6.07, 6.45) is 2.02. The zero-order chi connectivity index (χ0) is 20.3. The van der Waals surface area contributed by atoms with Crippen LogP contribution in [0, 0.1) is 0 Å². The van der Waals surface area contributed by atoms with Crippen LogP contribution in [0.3, 0.4) is 0 Å². The Bertz CT molecular complexity index is 985. The maximum atomic E-state index is 12.7. The maximum absolute atomic E-state index is 12.7. The first-order valence-corrected chi connectivity index (χ1v) is 10.9. The van der Waals surface area contributed by atoms with Crippen molar-refractivity contribution in [2.24, 2.45) is 0 Å². The van der Waals surface area contributed by atoms with Crippen molar-refractivity contribution in [1.29, 1.82) is 0 Å². The summed E-state index contributed by atoms with van der Waals surface area (Å²) in [7, 11) is -3.80. The number of carbonyl (C=O) groups excluding carboxylic acids is 1. The number of hydrogen-bond donors (Lipinski definition) is 2. The molecule has 2 aromatic carbocycles. The predicted octanol–water partition coefficient (Wildman–Crippen LogP) is 2.17. The Morgan fingerprint density at radius 1 is 1.00 bits per heavy atom. The van der Waals surface area contributed by atoms with Crippen LogP contribution in [0.5, 0.6) is 11.5 Å². The summed E-state index contributed by atoms with van der Waals surface area (Å²) in [5.74, 6) is 0.702. The van der Waals surface area contributed by atoms with Crippen LogP contribution in [0.2, 0.25) is 0 Å². The second kappa shape index (κ2) is 8.30. The molecule has 9 heteroatoms. The van der Waals surface area contributed by atoms with E-state index in [0.29, 0.717) is 42.5 Å². The van der Waals surface area contributed by atoms with E-state index in [2.05, 4.69) is 10.0 Å². The Morgan fingerprint density at radius 3 is 2.48 bits per heavy atom. The lowest BCUT2D eigenvalue weighted by molar-refractivity contribution is 0.0858. The standard InChI is InChI=1S/C20H22N2O6S/c23-20(21-13-16-2-1-9-26-16)14-3-5-15(6-4-14)22-29(24,25)17-7-8-18-19(12-17)28-11-10-27-18/h3-8,12,16,22H,1-2,9-11,13H2,(H,21,23)/t16-/m0/s1. The number of rotatable bonds is 6. The molecule has 0 radical (unpaired) electrons. The van der Waals surface area contributed by atoms with Crippen LogP contribution in [-0.4, -0.2) is 46.8 Å². The number of nitrogens with one attached hydrogen (secondary N) is 2. The minimum Gasteiger partial charge on any atom is -0.486 e. The van der Waals surface area contributed by atoms with Crippen molar-refractivity contribution in [3.05, 3.63) is 48.0 Å². The minimum atomic E-state index is -3.80. The van der Waals surface area contributed by atoms with Crippen molar-refractivity contribution in [3.63, 3.8) is 0 Å². The third-order valence-corrected chi connectivity index (χ3v) is 6.12. The van der Waals surface area contributed by atoms with Gasteiger partial charge in [-0.05, 0) is 49.2 Å². The van der Waals surface area contributed by atoms with Crippen LogP contribution in [0.4, 0.5) is 5.69 Å². The van der Waals surface area contributed by atoms with E-state index in [9.17, 15) is 13.2 Å². The zero-order valence-corrected chi connectivity index (χ0v) is 16.5. The van der Waals surface area contributed by atoms with Crippen LogP contribution >= 0.6 is 0 Å². The monoisotopic (exact) mass is 418 g/mol. The summed E-state index contributed by atoms with van der Waals surface area (Å²) >= 11 is 0. The number of sulfonamides is 1. The minimum absolute atomic E-state index is 0.0658. The molecule has 0 spiro atoms. The largest absolute Gasteiger partial charge is 0.486 e. The molecule has 2 N–H and O–H groups in total. The Hall–Kier alpha value is -2.78. The van der Waals surface area contributed by atoms with E-state index >= 15 is 0 Å². The fraction of sp³-hybridized carbons (Fsp3) is 0.350. The van der Waals surface area contributed by atoms with Gasteiger partial charge >= 0.3 is 0 Å². The quantitative estimate of drug-likeness (QED) is 0.745. The average Bonchev–Trinajstić information content (AvgIpc) is 3.25. The summed E-state index contributed by atoms with van der Waals surface area (Å²) in [5, 5.41) is 2.84. The van der Waals surface area contributed by atoms with Crippen LogP contribution in [0.25, 0.3) is 0 Å². The molecule has 1 amide bonds. The number of carbonyl (C=O) groups is 1. The van der Waals surface area contributed by atoms with Crippen LogP contribution < -0.4 is 19.5 Å². The third-order valence-electron chi connectivity index (χ3n) is 4.74. The highest BCUT2D eigenvalue weighted by Gasteiger charge is 2.20. The van der Waals surface area contributed by atoms with Gasteiger partial charge in [-0.25, -0.2) is 8.42 Å². The second-order valence-electron chi connectivity index (χ2n) is 6.83. The Balaban J connectivity index is 1.40. The van der Waals surface area contributed by atoms with Gasteiger partial charge in [0.05, 0.1) is 11.0 Å². The molecular formula is C20H22N2O6S. The van der Waals surface area contributed by atoms with Gasteiger partial charge in [-0.2, -0.15) is 0 Å². The summed E-state index contributed by atoms with van der Waals surface area (Å²) in [5.41, 5.74) is 0.806. The molecule has 0 aliphatic carbocycles. The van der Waals surface area contributed by atoms with Gasteiger partial charge in [0.25, 0.3) is 15.9 Å². The summed E-state index contributed by atoms with van der Waals surface area (Å²) in [6.45, 7) is 2.02. The van der Waals surface area contributed by atoms with Crippen LogP contribution in [-0.2, 0) is 14.8 Å². The van der Waals surface area contributed by atoms with Crippen LogP contribution in [0.1, 0.15) is 23.2 Å². The molecule has 0 bridgehead atoms. The average molecular weight is 418 g/mol. The molecule has 0 aromatic heterocycles. The molecule has 2 aliphatic rings. The highest BCUT2D eigenvalue weighted by atomic mass is 32.2. The molecule has 2 aromatic rings. The zero-order valence-electron chi connectivity index (χ0n) is 15.7. The molecule has 1 saturated heterocycles. The molecule has 8 nitrogen and oxygen atoms in total. The van der Waals surface area contributed by atoms with E-state index in [1.807, 2.05) is 0 Å². The van der Waals surface area contributed by atoms with E-state index in [1.165, 1.54) is 12.1 Å². The van der Waals surface area contributed by atoms with E-state index in [-0.39, 0.29) is 16.9 Å². The van der Waals surface area contributed by atoms with E-state index in [0.717, 1.165) is 19.4 Å². The second-order valence-corrected chi connectivity index (χ2v) is 8.52. The molecule has 1 fully saturated rings. The summed E-state index contributed by atoms with van der Waals surface area (Å²) < 4.78 is 44.2. The van der Waals surface area contributed by atoms with Gasteiger partial charge in [0.1, 0.15) is 13.2 Å². The number of hydrogen-bond acceptors (Lipinski definition) is 6. The van der Waals surface area contributed by atoms with E-state index < -0.39 is 10.0 Å². The molecule has 2 aliphatic heterocycles. The van der Waals surface area contributed by atoms with Crippen LogP contribution in [0.15, 0.2) is 47.4 Å². The lowest BCUT2D eigenvalue weighted by Crippen LogP contribution is -2.31. The normalized spacial score (nSPS) is 18.3. The number of amides is 1. The third kappa shape index (κ3) is 4.63. The van der Waals surface area contributed by atoms with Gasteiger partial charge in [0, 0.05) is 30.5 Å². The lowest BCUT2D eigenvalue weighted by atomic mass is 10.2. The molecule has 0 saturated carbocycles. The van der Waals surface area contributed by atoms with Crippen molar-refractivity contribution in [2.45, 2.75) is 23.8 Å². The van der Waals surface area contributed by atoms with Crippen molar-refractivity contribution in [3.8, 4) is 11.5 Å². The van der Waals surface area contributed by atoms with Gasteiger partial charge < -0.3 is 19.5 Å². The Morgan fingerprint density at radius 2 is 1.76 bits per heavy atom. The highest BCUT2D eigenvalue weighted by Crippen LogP contribution is 2.32. The fourth-order valence-corrected chi connectivity index (χ4v) is 4.28. The number of anilines is 1. The van der Waals surface area contributed by atoms with Gasteiger partial charge in [0.2, 0.25) is 0 Å². The van der Waals surface area contributed by atoms with Crippen molar-refractivity contribution < 1.29 is 27.4 Å². The Kier molecular flexibility index (Phi) is 5.59.